The molecule has 2 aromatic rings. The van der Waals surface area contributed by atoms with Crippen molar-refractivity contribution in [3.05, 3.63) is 52.6 Å². The van der Waals surface area contributed by atoms with Gasteiger partial charge in [-0.1, -0.05) is 13.8 Å². The fourth-order valence-electron chi connectivity index (χ4n) is 4.13. The molecule has 1 amide bonds. The van der Waals surface area contributed by atoms with Crippen molar-refractivity contribution in [3.8, 4) is 11.5 Å². The Hall–Kier alpha value is -2.62. The minimum atomic E-state index is -3.92. The van der Waals surface area contributed by atoms with Crippen LogP contribution in [0.25, 0.3) is 0 Å². The molecule has 1 N–H and O–H groups in total. The second-order valence-corrected chi connectivity index (χ2v) is 10.4. The van der Waals surface area contributed by atoms with Gasteiger partial charge in [-0.25, -0.2) is 13.1 Å². The predicted molar refractivity (Wildman–Crippen MR) is 130 cm³/mol. The van der Waals surface area contributed by atoms with Gasteiger partial charge in [-0.3, -0.25) is 4.79 Å². The van der Waals surface area contributed by atoms with Crippen LogP contribution in [0.4, 0.5) is 0 Å². The Bertz CT molecular complexity index is 1140. The number of methoxy groups -OCH3 is 2. The van der Waals surface area contributed by atoms with Gasteiger partial charge in [0.25, 0.3) is 5.91 Å². The molecule has 2 aromatic carbocycles. The maximum absolute atomic E-state index is 13.3. The number of aryl methyl sites for hydroxylation is 1. The van der Waals surface area contributed by atoms with Gasteiger partial charge in [-0.05, 0) is 66.8 Å². The average molecular weight is 491 g/mol. The molecule has 0 aromatic heterocycles. The van der Waals surface area contributed by atoms with E-state index in [9.17, 15) is 13.2 Å². The van der Waals surface area contributed by atoms with Crippen LogP contribution < -0.4 is 14.2 Å². The zero-order valence-corrected chi connectivity index (χ0v) is 21.5. The van der Waals surface area contributed by atoms with Crippen molar-refractivity contribution in [1.29, 1.82) is 0 Å². The Balaban J connectivity index is 1.92. The van der Waals surface area contributed by atoms with E-state index >= 15 is 0 Å². The van der Waals surface area contributed by atoms with Crippen molar-refractivity contribution in [2.24, 2.45) is 0 Å². The summed E-state index contributed by atoms with van der Waals surface area (Å²) in [5.41, 5.74) is 3.01. The molecule has 1 aliphatic heterocycles. The fraction of sp³-hybridized carbons (Fsp3) is 0.480. The zero-order chi connectivity index (χ0) is 25.0. The SMILES string of the molecule is COc1ccc(S(=O)(=O)N[C@@H](C)c2cc(C(C)C)c(OC)cc2C)cc1C(=O)N1CCOCC1. The molecule has 0 radical (unpaired) electrons. The number of sulfonamides is 1. The molecule has 0 spiro atoms. The van der Waals surface area contributed by atoms with Crippen molar-refractivity contribution in [2.75, 3.05) is 40.5 Å². The summed E-state index contributed by atoms with van der Waals surface area (Å²) in [4.78, 5) is 14.7. The standard InChI is InChI=1S/C25H34N2O6S/c1-16(2)20-15-21(17(3)13-24(20)32-6)18(4)26-34(29,30)19-7-8-23(31-5)22(14-19)25(28)27-9-11-33-12-10-27/h7-8,13-16,18,26H,9-12H2,1-6H3/t18-/m0/s1. The fourth-order valence-corrected chi connectivity index (χ4v) is 5.38. The number of hydrogen-bond acceptors (Lipinski definition) is 6. The van der Waals surface area contributed by atoms with E-state index in [0.29, 0.717) is 32.1 Å². The molecule has 3 rings (SSSR count). The highest BCUT2D eigenvalue weighted by Gasteiger charge is 2.26. The monoisotopic (exact) mass is 490 g/mol. The van der Waals surface area contributed by atoms with Gasteiger partial charge in [0.2, 0.25) is 10.0 Å². The lowest BCUT2D eigenvalue weighted by Crippen LogP contribution is -2.40. The number of morpholine rings is 1. The highest BCUT2D eigenvalue weighted by molar-refractivity contribution is 7.89. The summed E-state index contributed by atoms with van der Waals surface area (Å²) in [6.45, 7) is 9.66. The lowest BCUT2D eigenvalue weighted by atomic mass is 9.94. The largest absolute Gasteiger partial charge is 0.496 e. The van der Waals surface area contributed by atoms with Crippen LogP contribution in [0, 0.1) is 6.92 Å². The first kappa shape index (κ1) is 26.0. The zero-order valence-electron chi connectivity index (χ0n) is 20.7. The minimum Gasteiger partial charge on any atom is -0.496 e. The molecule has 8 nitrogen and oxygen atoms in total. The molecule has 1 fully saturated rings. The van der Waals surface area contributed by atoms with Crippen LogP contribution in [0.15, 0.2) is 35.2 Å². The molecule has 34 heavy (non-hydrogen) atoms. The van der Waals surface area contributed by atoms with Crippen LogP contribution in [-0.4, -0.2) is 59.7 Å². The number of carbonyl (C=O) groups excluding carboxylic acids is 1. The molecule has 186 valence electrons. The van der Waals surface area contributed by atoms with Crippen LogP contribution >= 0.6 is 0 Å². The molecule has 0 aliphatic carbocycles. The number of ether oxygens (including phenoxy) is 3. The summed E-state index contributed by atoms with van der Waals surface area (Å²) in [7, 11) is -0.829. The third-order valence-electron chi connectivity index (χ3n) is 6.05. The average Bonchev–Trinajstić information content (AvgIpc) is 2.82. The maximum Gasteiger partial charge on any atom is 0.257 e. The molecule has 0 saturated carbocycles. The molecule has 9 heteroatoms. The summed E-state index contributed by atoms with van der Waals surface area (Å²) in [6, 6.07) is 7.78. The van der Waals surface area contributed by atoms with Crippen molar-refractivity contribution >= 4 is 15.9 Å². The second kappa shape index (κ2) is 10.8. The number of benzene rings is 2. The van der Waals surface area contributed by atoms with Gasteiger partial charge in [0.1, 0.15) is 11.5 Å². The smallest absolute Gasteiger partial charge is 0.257 e. The normalized spacial score (nSPS) is 15.3. The van der Waals surface area contributed by atoms with Crippen molar-refractivity contribution in [1.82, 2.24) is 9.62 Å². The van der Waals surface area contributed by atoms with E-state index in [0.717, 1.165) is 22.4 Å². The van der Waals surface area contributed by atoms with E-state index in [1.807, 2.05) is 19.1 Å². The molecule has 1 saturated heterocycles. The van der Waals surface area contributed by atoms with Gasteiger partial charge in [0, 0.05) is 19.1 Å². The number of carbonyl (C=O) groups is 1. The third-order valence-corrected chi connectivity index (χ3v) is 7.59. The van der Waals surface area contributed by atoms with Gasteiger partial charge in [0.15, 0.2) is 0 Å². The predicted octanol–water partition coefficient (Wildman–Crippen LogP) is 3.65. The summed E-state index contributed by atoms with van der Waals surface area (Å²) in [5.74, 6) is 1.05. The first-order valence-electron chi connectivity index (χ1n) is 11.3. The third kappa shape index (κ3) is 5.54. The topological polar surface area (TPSA) is 94.2 Å². The lowest BCUT2D eigenvalue weighted by molar-refractivity contribution is 0.0300. The van der Waals surface area contributed by atoms with E-state index in [1.54, 1.807) is 18.9 Å². The van der Waals surface area contributed by atoms with Crippen LogP contribution in [0.1, 0.15) is 59.8 Å². The van der Waals surface area contributed by atoms with E-state index in [1.165, 1.54) is 25.3 Å². The molecule has 1 aliphatic rings. The van der Waals surface area contributed by atoms with E-state index in [4.69, 9.17) is 14.2 Å². The Morgan fingerprint density at radius 3 is 2.24 bits per heavy atom. The van der Waals surface area contributed by atoms with Crippen LogP contribution in [-0.2, 0) is 14.8 Å². The van der Waals surface area contributed by atoms with Crippen LogP contribution in [0.2, 0.25) is 0 Å². The molecule has 1 atom stereocenters. The number of hydrogen-bond donors (Lipinski definition) is 1. The highest BCUT2D eigenvalue weighted by Crippen LogP contribution is 2.33. The van der Waals surface area contributed by atoms with Gasteiger partial charge in [0.05, 0.1) is 37.9 Å². The van der Waals surface area contributed by atoms with Gasteiger partial charge in [-0.2, -0.15) is 0 Å². The highest BCUT2D eigenvalue weighted by atomic mass is 32.2. The van der Waals surface area contributed by atoms with Crippen LogP contribution in [0.5, 0.6) is 11.5 Å². The second-order valence-electron chi connectivity index (χ2n) is 8.72. The molecule has 0 unspecified atom stereocenters. The Labute approximate surface area is 202 Å². The summed E-state index contributed by atoms with van der Waals surface area (Å²) >= 11 is 0. The lowest BCUT2D eigenvalue weighted by Gasteiger charge is -2.27. The number of nitrogens with one attached hydrogen (secondary N) is 1. The van der Waals surface area contributed by atoms with Gasteiger partial charge >= 0.3 is 0 Å². The van der Waals surface area contributed by atoms with Crippen molar-refractivity contribution in [3.63, 3.8) is 0 Å². The van der Waals surface area contributed by atoms with Gasteiger partial charge < -0.3 is 19.1 Å². The van der Waals surface area contributed by atoms with Crippen LogP contribution in [0.3, 0.4) is 0 Å². The maximum atomic E-state index is 13.3. The van der Waals surface area contributed by atoms with E-state index in [-0.39, 0.29) is 22.3 Å². The molecule has 1 heterocycles. The number of nitrogens with zero attached hydrogens (tertiary/aromatic N) is 1. The van der Waals surface area contributed by atoms with E-state index < -0.39 is 16.1 Å². The quantitative estimate of drug-likeness (QED) is 0.607. The van der Waals surface area contributed by atoms with E-state index in [2.05, 4.69) is 18.6 Å². The molecular formula is C25H34N2O6S. The Kier molecular flexibility index (Phi) is 8.22. The number of amides is 1. The minimum absolute atomic E-state index is 0.00649. The molecule has 0 bridgehead atoms. The van der Waals surface area contributed by atoms with Gasteiger partial charge in [-0.15, -0.1) is 0 Å². The Morgan fingerprint density at radius 2 is 1.65 bits per heavy atom. The van der Waals surface area contributed by atoms with Crippen molar-refractivity contribution < 1.29 is 27.4 Å². The summed E-state index contributed by atoms with van der Waals surface area (Å²) < 4.78 is 45.5. The first-order chi connectivity index (χ1) is 16.1. The Morgan fingerprint density at radius 1 is 1.00 bits per heavy atom. The molecular weight excluding hydrogens is 456 g/mol. The first-order valence-corrected chi connectivity index (χ1v) is 12.8. The van der Waals surface area contributed by atoms with Crippen molar-refractivity contribution in [2.45, 2.75) is 44.6 Å². The summed E-state index contributed by atoms with van der Waals surface area (Å²) in [6.07, 6.45) is 0. The summed E-state index contributed by atoms with van der Waals surface area (Å²) in [5, 5.41) is 0. The number of rotatable bonds is 8.